The van der Waals surface area contributed by atoms with E-state index in [0.29, 0.717) is 36.1 Å². The van der Waals surface area contributed by atoms with E-state index >= 15 is 0 Å². The SMILES string of the molecule is Fc1ccc(Br)cc1-c1noc(CCc2nc(-c3ccccn3)no2)n1. The van der Waals surface area contributed by atoms with Gasteiger partial charge in [-0.15, -0.1) is 0 Å². The summed E-state index contributed by atoms with van der Waals surface area (Å²) >= 11 is 3.30. The van der Waals surface area contributed by atoms with Gasteiger partial charge in [-0.25, -0.2) is 4.39 Å². The lowest BCUT2D eigenvalue weighted by Gasteiger charge is -1.97. The third kappa shape index (κ3) is 3.52. The molecule has 0 saturated heterocycles. The molecule has 26 heavy (non-hydrogen) atoms. The monoisotopic (exact) mass is 415 g/mol. The molecule has 0 spiro atoms. The number of pyridine rings is 1. The highest BCUT2D eigenvalue weighted by molar-refractivity contribution is 9.10. The first-order valence-corrected chi connectivity index (χ1v) is 8.50. The van der Waals surface area contributed by atoms with Gasteiger partial charge in [-0.1, -0.05) is 32.3 Å². The van der Waals surface area contributed by atoms with Crippen LogP contribution < -0.4 is 0 Å². The van der Waals surface area contributed by atoms with E-state index in [4.69, 9.17) is 9.05 Å². The maximum atomic E-state index is 13.9. The molecule has 0 radical (unpaired) electrons. The number of aryl methyl sites for hydroxylation is 2. The molecule has 7 nitrogen and oxygen atoms in total. The summed E-state index contributed by atoms with van der Waals surface area (Å²) in [5.41, 5.74) is 0.900. The van der Waals surface area contributed by atoms with Gasteiger partial charge in [0.15, 0.2) is 0 Å². The smallest absolute Gasteiger partial charge is 0.227 e. The van der Waals surface area contributed by atoms with Crippen molar-refractivity contribution in [3.63, 3.8) is 0 Å². The summed E-state index contributed by atoms with van der Waals surface area (Å²) in [6.45, 7) is 0. The molecule has 0 saturated carbocycles. The van der Waals surface area contributed by atoms with Crippen molar-refractivity contribution in [1.82, 2.24) is 25.3 Å². The van der Waals surface area contributed by atoms with Crippen LogP contribution in [0.4, 0.5) is 4.39 Å². The Kier molecular flexibility index (Phi) is 4.53. The molecule has 0 fully saturated rings. The van der Waals surface area contributed by atoms with Crippen molar-refractivity contribution in [3.8, 4) is 22.9 Å². The number of hydrogen-bond acceptors (Lipinski definition) is 7. The van der Waals surface area contributed by atoms with E-state index in [1.807, 2.05) is 12.1 Å². The summed E-state index contributed by atoms with van der Waals surface area (Å²) < 4.78 is 25.0. The van der Waals surface area contributed by atoms with Crippen LogP contribution in [0.1, 0.15) is 11.8 Å². The molecule has 0 aliphatic rings. The summed E-state index contributed by atoms with van der Waals surface area (Å²) in [5.74, 6) is 0.981. The van der Waals surface area contributed by atoms with Gasteiger partial charge in [0.1, 0.15) is 11.5 Å². The predicted molar refractivity (Wildman–Crippen MR) is 92.3 cm³/mol. The molecule has 1 aromatic carbocycles. The van der Waals surface area contributed by atoms with Gasteiger partial charge in [0, 0.05) is 23.5 Å². The molecule has 4 aromatic rings. The molecule has 0 bridgehead atoms. The van der Waals surface area contributed by atoms with Gasteiger partial charge in [-0.05, 0) is 30.3 Å². The average molecular weight is 416 g/mol. The van der Waals surface area contributed by atoms with Crippen LogP contribution in [0.15, 0.2) is 56.1 Å². The van der Waals surface area contributed by atoms with Crippen molar-refractivity contribution in [1.29, 1.82) is 0 Å². The minimum absolute atomic E-state index is 0.193. The van der Waals surface area contributed by atoms with E-state index in [1.165, 1.54) is 6.07 Å². The molecular weight excluding hydrogens is 405 g/mol. The Labute approximate surface area is 155 Å². The van der Waals surface area contributed by atoms with E-state index in [2.05, 4.69) is 41.2 Å². The Morgan fingerprint density at radius 3 is 2.38 bits per heavy atom. The minimum atomic E-state index is -0.419. The predicted octanol–water partition coefficient (Wildman–Crippen LogP) is 3.87. The maximum Gasteiger partial charge on any atom is 0.227 e. The second-order valence-electron chi connectivity index (χ2n) is 5.36. The second kappa shape index (κ2) is 7.12. The molecule has 3 aromatic heterocycles. The Morgan fingerprint density at radius 1 is 0.923 bits per heavy atom. The number of aromatic nitrogens is 5. The molecule has 130 valence electrons. The summed E-state index contributed by atoms with van der Waals surface area (Å²) in [4.78, 5) is 12.7. The van der Waals surface area contributed by atoms with Crippen LogP contribution in [-0.2, 0) is 12.8 Å². The number of nitrogens with zero attached hydrogens (tertiary/aromatic N) is 5. The Bertz CT molecular complexity index is 1030. The molecule has 0 amide bonds. The molecule has 0 unspecified atom stereocenters. The van der Waals surface area contributed by atoms with Gasteiger partial charge >= 0.3 is 0 Å². The fraction of sp³-hybridized carbons (Fsp3) is 0.118. The van der Waals surface area contributed by atoms with E-state index in [-0.39, 0.29) is 11.4 Å². The lowest BCUT2D eigenvalue weighted by molar-refractivity contribution is 0.354. The highest BCUT2D eigenvalue weighted by atomic mass is 79.9. The van der Waals surface area contributed by atoms with Gasteiger partial charge < -0.3 is 9.05 Å². The molecule has 0 aliphatic carbocycles. The highest BCUT2D eigenvalue weighted by Crippen LogP contribution is 2.24. The normalized spacial score (nSPS) is 11.0. The van der Waals surface area contributed by atoms with Crippen LogP contribution in [0.5, 0.6) is 0 Å². The van der Waals surface area contributed by atoms with Crippen LogP contribution in [0.2, 0.25) is 0 Å². The summed E-state index contributed by atoms with van der Waals surface area (Å²) in [7, 11) is 0. The van der Waals surface area contributed by atoms with Gasteiger partial charge in [0.05, 0.1) is 5.56 Å². The Balaban J connectivity index is 1.46. The molecule has 9 heteroatoms. The number of hydrogen-bond donors (Lipinski definition) is 0. The standard InChI is InChI=1S/C17H11BrFN5O2/c18-10-4-5-12(19)11(9-10)16-21-14(25-23-16)6-7-15-22-17(24-26-15)13-3-1-2-8-20-13/h1-5,8-9H,6-7H2. The Morgan fingerprint density at radius 2 is 1.65 bits per heavy atom. The van der Waals surface area contributed by atoms with Crippen LogP contribution in [0.25, 0.3) is 22.9 Å². The van der Waals surface area contributed by atoms with E-state index < -0.39 is 5.82 Å². The topological polar surface area (TPSA) is 90.7 Å². The van der Waals surface area contributed by atoms with Gasteiger partial charge in [0.25, 0.3) is 0 Å². The fourth-order valence-electron chi connectivity index (χ4n) is 2.30. The molecule has 4 rings (SSSR count). The zero-order valence-electron chi connectivity index (χ0n) is 13.3. The zero-order chi connectivity index (χ0) is 17.9. The summed E-state index contributed by atoms with van der Waals surface area (Å²) in [6.07, 6.45) is 2.47. The first-order chi connectivity index (χ1) is 12.7. The van der Waals surface area contributed by atoms with Gasteiger partial charge in [0.2, 0.25) is 23.4 Å². The zero-order valence-corrected chi connectivity index (χ0v) is 14.9. The third-order valence-corrected chi connectivity index (χ3v) is 4.05. The van der Waals surface area contributed by atoms with Crippen LogP contribution in [-0.4, -0.2) is 25.3 Å². The maximum absolute atomic E-state index is 13.9. The lowest BCUT2D eigenvalue weighted by atomic mass is 10.2. The van der Waals surface area contributed by atoms with E-state index in [9.17, 15) is 4.39 Å². The van der Waals surface area contributed by atoms with E-state index in [0.717, 1.165) is 4.47 Å². The van der Waals surface area contributed by atoms with Crippen molar-refractivity contribution in [2.45, 2.75) is 12.8 Å². The Hall–Kier alpha value is -2.94. The average Bonchev–Trinajstić information content (AvgIpc) is 3.32. The third-order valence-electron chi connectivity index (χ3n) is 3.55. The fourth-order valence-corrected chi connectivity index (χ4v) is 2.67. The molecular formula is C17H11BrFN5O2. The first kappa shape index (κ1) is 16.5. The highest BCUT2D eigenvalue weighted by Gasteiger charge is 2.15. The van der Waals surface area contributed by atoms with Crippen molar-refractivity contribution in [2.75, 3.05) is 0 Å². The first-order valence-electron chi connectivity index (χ1n) is 7.71. The largest absolute Gasteiger partial charge is 0.339 e. The lowest BCUT2D eigenvalue weighted by Crippen LogP contribution is -1.93. The van der Waals surface area contributed by atoms with Gasteiger partial charge in [-0.3, -0.25) is 4.98 Å². The molecule has 0 N–H and O–H groups in total. The molecule has 0 atom stereocenters. The second-order valence-corrected chi connectivity index (χ2v) is 6.28. The molecule has 3 heterocycles. The quantitative estimate of drug-likeness (QED) is 0.488. The number of halogens is 2. The van der Waals surface area contributed by atoms with Crippen molar-refractivity contribution < 1.29 is 13.4 Å². The van der Waals surface area contributed by atoms with Crippen molar-refractivity contribution in [2.24, 2.45) is 0 Å². The molecule has 0 aliphatic heterocycles. The van der Waals surface area contributed by atoms with Crippen molar-refractivity contribution in [3.05, 3.63) is 64.7 Å². The van der Waals surface area contributed by atoms with E-state index in [1.54, 1.807) is 24.4 Å². The summed E-state index contributed by atoms with van der Waals surface area (Å²) in [6, 6.07) is 10.00. The van der Waals surface area contributed by atoms with Crippen LogP contribution >= 0.6 is 15.9 Å². The minimum Gasteiger partial charge on any atom is -0.339 e. The number of rotatable bonds is 5. The van der Waals surface area contributed by atoms with Gasteiger partial charge in [-0.2, -0.15) is 9.97 Å². The van der Waals surface area contributed by atoms with Crippen molar-refractivity contribution >= 4 is 15.9 Å². The summed E-state index contributed by atoms with van der Waals surface area (Å²) in [5, 5.41) is 7.73. The number of benzene rings is 1. The van der Waals surface area contributed by atoms with Crippen LogP contribution in [0, 0.1) is 5.82 Å². The van der Waals surface area contributed by atoms with Crippen LogP contribution in [0.3, 0.4) is 0 Å².